The van der Waals surface area contributed by atoms with Crippen LogP contribution in [0.1, 0.15) is 44.9 Å². The molecule has 4 heteroatoms. The van der Waals surface area contributed by atoms with Crippen LogP contribution < -0.4 is 5.32 Å². The van der Waals surface area contributed by atoms with E-state index in [1.807, 2.05) is 0 Å². The number of nitrogens with one attached hydrogen (secondary N) is 1. The van der Waals surface area contributed by atoms with E-state index in [-0.39, 0.29) is 17.7 Å². The number of hydrogen-bond acceptors (Lipinski definition) is 4. The normalized spacial score (nSPS) is 34.2. The zero-order chi connectivity index (χ0) is 12.5. The van der Waals surface area contributed by atoms with E-state index < -0.39 is 0 Å². The molecule has 3 aliphatic rings. The Morgan fingerprint density at radius 1 is 1.11 bits per heavy atom. The molecule has 0 bridgehead atoms. The zero-order valence-electron chi connectivity index (χ0n) is 11.1. The molecule has 2 heterocycles. The minimum absolute atomic E-state index is 0.0222. The van der Waals surface area contributed by atoms with Gasteiger partial charge in [0.1, 0.15) is 0 Å². The first kappa shape index (κ1) is 12.9. The lowest BCUT2D eigenvalue weighted by Gasteiger charge is -2.49. The Hall–Kier alpha value is -0.160. The second-order valence-electron chi connectivity index (χ2n) is 6.27. The summed E-state index contributed by atoms with van der Waals surface area (Å²) in [6.07, 6.45) is 7.70. The third-order valence-electron chi connectivity index (χ3n) is 5.02. The maximum atomic E-state index is 9.56. The van der Waals surface area contributed by atoms with Crippen molar-refractivity contribution >= 4 is 0 Å². The summed E-state index contributed by atoms with van der Waals surface area (Å²) in [6, 6.07) is 0.504. The molecule has 0 aromatic rings. The zero-order valence-corrected chi connectivity index (χ0v) is 11.1. The Labute approximate surface area is 109 Å². The summed E-state index contributed by atoms with van der Waals surface area (Å²) in [5, 5.41) is 13.3. The molecular formula is C14H25NO3. The van der Waals surface area contributed by atoms with E-state index in [1.165, 1.54) is 6.42 Å². The van der Waals surface area contributed by atoms with Crippen molar-refractivity contribution in [1.82, 2.24) is 5.32 Å². The highest BCUT2D eigenvalue weighted by Crippen LogP contribution is 2.37. The minimum Gasteiger partial charge on any atom is -0.394 e. The number of aliphatic hydroxyl groups excluding tert-OH is 1. The molecular weight excluding hydrogens is 230 g/mol. The van der Waals surface area contributed by atoms with Crippen LogP contribution in [0.2, 0.25) is 0 Å². The average molecular weight is 255 g/mol. The number of hydrogen-bond donors (Lipinski definition) is 2. The molecule has 1 saturated carbocycles. The first-order valence-electron chi connectivity index (χ1n) is 7.36. The van der Waals surface area contributed by atoms with E-state index in [2.05, 4.69) is 5.32 Å². The molecule has 0 radical (unpaired) electrons. The van der Waals surface area contributed by atoms with Gasteiger partial charge in [0.05, 0.1) is 12.2 Å². The van der Waals surface area contributed by atoms with Crippen molar-refractivity contribution in [1.29, 1.82) is 0 Å². The van der Waals surface area contributed by atoms with Crippen molar-refractivity contribution in [2.45, 2.75) is 62.1 Å². The lowest BCUT2D eigenvalue weighted by atomic mass is 9.75. The largest absolute Gasteiger partial charge is 0.394 e. The predicted molar refractivity (Wildman–Crippen MR) is 68.6 cm³/mol. The Morgan fingerprint density at radius 2 is 1.89 bits per heavy atom. The molecule has 0 aromatic carbocycles. The summed E-state index contributed by atoms with van der Waals surface area (Å²) in [5.74, 6) is 0. The second kappa shape index (κ2) is 5.08. The fourth-order valence-electron chi connectivity index (χ4n) is 3.63. The Morgan fingerprint density at radius 3 is 2.50 bits per heavy atom. The molecule has 1 atom stereocenters. The Balaban J connectivity index is 1.59. The second-order valence-corrected chi connectivity index (χ2v) is 6.27. The smallest absolute Gasteiger partial charge is 0.0741 e. The van der Waals surface area contributed by atoms with E-state index in [9.17, 15) is 5.11 Å². The van der Waals surface area contributed by atoms with Crippen molar-refractivity contribution in [3.8, 4) is 0 Å². The first-order chi connectivity index (χ1) is 8.76. The maximum Gasteiger partial charge on any atom is 0.0741 e. The van der Waals surface area contributed by atoms with Gasteiger partial charge in [0.15, 0.2) is 0 Å². The van der Waals surface area contributed by atoms with E-state index in [1.54, 1.807) is 0 Å². The topological polar surface area (TPSA) is 50.7 Å². The fraction of sp³-hybridized carbons (Fsp3) is 1.00. The van der Waals surface area contributed by atoms with Crippen molar-refractivity contribution in [3.63, 3.8) is 0 Å². The highest BCUT2D eigenvalue weighted by Gasteiger charge is 2.43. The van der Waals surface area contributed by atoms with Crippen molar-refractivity contribution < 1.29 is 14.6 Å². The van der Waals surface area contributed by atoms with Gasteiger partial charge >= 0.3 is 0 Å². The molecule has 3 fully saturated rings. The van der Waals surface area contributed by atoms with Crippen LogP contribution in [-0.4, -0.2) is 48.7 Å². The van der Waals surface area contributed by atoms with E-state index >= 15 is 0 Å². The average Bonchev–Trinajstić information content (AvgIpc) is 2.35. The van der Waals surface area contributed by atoms with Crippen LogP contribution in [0.25, 0.3) is 0 Å². The molecule has 0 aromatic heterocycles. The fourth-order valence-corrected chi connectivity index (χ4v) is 3.63. The number of aliphatic hydroxyl groups is 1. The van der Waals surface area contributed by atoms with Gasteiger partial charge in [-0.25, -0.2) is 0 Å². The highest BCUT2D eigenvalue weighted by molar-refractivity contribution is 5.00. The third kappa shape index (κ3) is 2.44. The number of rotatable bonds is 3. The third-order valence-corrected chi connectivity index (χ3v) is 5.02. The monoisotopic (exact) mass is 255 g/mol. The lowest BCUT2D eigenvalue weighted by Crippen LogP contribution is -2.60. The van der Waals surface area contributed by atoms with E-state index in [0.29, 0.717) is 6.04 Å². The Bertz CT molecular complexity index is 274. The van der Waals surface area contributed by atoms with Gasteiger partial charge in [-0.05, 0) is 44.9 Å². The van der Waals surface area contributed by atoms with Gasteiger partial charge in [-0.2, -0.15) is 0 Å². The first-order valence-corrected chi connectivity index (χ1v) is 7.36. The van der Waals surface area contributed by atoms with Crippen LogP contribution in [0.5, 0.6) is 0 Å². The van der Waals surface area contributed by atoms with Crippen LogP contribution in [0, 0.1) is 0 Å². The molecule has 1 unspecified atom stereocenters. The van der Waals surface area contributed by atoms with Gasteiger partial charge in [0, 0.05) is 31.4 Å². The highest BCUT2D eigenvalue weighted by atomic mass is 16.5. The van der Waals surface area contributed by atoms with Gasteiger partial charge in [-0.3, -0.25) is 0 Å². The summed E-state index contributed by atoms with van der Waals surface area (Å²) in [7, 11) is 0. The molecule has 1 aliphatic carbocycles. The van der Waals surface area contributed by atoms with E-state index in [4.69, 9.17) is 9.47 Å². The van der Waals surface area contributed by atoms with Crippen LogP contribution in [0.4, 0.5) is 0 Å². The number of ether oxygens (including phenoxy) is 2. The maximum absolute atomic E-state index is 9.56. The van der Waals surface area contributed by atoms with E-state index in [0.717, 1.165) is 58.3 Å². The molecule has 0 amide bonds. The van der Waals surface area contributed by atoms with Gasteiger partial charge in [0.2, 0.25) is 0 Å². The molecule has 2 N–H and O–H groups in total. The molecule has 1 spiro atoms. The van der Waals surface area contributed by atoms with Crippen molar-refractivity contribution in [3.05, 3.63) is 0 Å². The van der Waals surface area contributed by atoms with Crippen LogP contribution in [0.3, 0.4) is 0 Å². The SMILES string of the molecule is OCC1(NC2CCOC3(CCOCC3)C2)CCC1. The molecule has 18 heavy (non-hydrogen) atoms. The summed E-state index contributed by atoms with van der Waals surface area (Å²) < 4.78 is 11.5. The minimum atomic E-state index is 0.0222. The van der Waals surface area contributed by atoms with Crippen LogP contribution >= 0.6 is 0 Å². The molecule has 2 aliphatic heterocycles. The van der Waals surface area contributed by atoms with Gasteiger partial charge in [-0.1, -0.05) is 0 Å². The van der Waals surface area contributed by atoms with Gasteiger partial charge in [0.25, 0.3) is 0 Å². The van der Waals surface area contributed by atoms with Crippen LogP contribution in [-0.2, 0) is 9.47 Å². The predicted octanol–water partition coefficient (Wildman–Crippen LogP) is 1.22. The van der Waals surface area contributed by atoms with Gasteiger partial charge < -0.3 is 19.9 Å². The summed E-state index contributed by atoms with van der Waals surface area (Å²) in [4.78, 5) is 0. The lowest BCUT2D eigenvalue weighted by molar-refractivity contribution is -0.144. The van der Waals surface area contributed by atoms with Crippen molar-refractivity contribution in [2.75, 3.05) is 26.4 Å². The van der Waals surface area contributed by atoms with Crippen molar-refractivity contribution in [2.24, 2.45) is 0 Å². The summed E-state index contributed by atoms with van der Waals surface area (Å²) >= 11 is 0. The molecule has 3 rings (SSSR count). The molecule has 4 nitrogen and oxygen atoms in total. The summed E-state index contributed by atoms with van der Waals surface area (Å²) in [6.45, 7) is 2.79. The standard InChI is InChI=1S/C14H25NO3/c16-11-13(3-1-4-13)15-12-2-7-18-14(10-12)5-8-17-9-6-14/h12,15-16H,1-11H2. The molecule has 2 saturated heterocycles. The quantitative estimate of drug-likeness (QED) is 0.796. The van der Waals surface area contributed by atoms with Gasteiger partial charge in [-0.15, -0.1) is 0 Å². The summed E-state index contributed by atoms with van der Waals surface area (Å²) in [5.41, 5.74) is 0.0723. The molecule has 104 valence electrons. The Kier molecular flexibility index (Phi) is 3.63. The van der Waals surface area contributed by atoms with Crippen LogP contribution in [0.15, 0.2) is 0 Å².